The number of para-hydroxylation sites is 1. The van der Waals surface area contributed by atoms with Crippen molar-refractivity contribution in [3.05, 3.63) is 88.1 Å². The number of methoxy groups -OCH3 is 1. The summed E-state index contributed by atoms with van der Waals surface area (Å²) in [5.74, 6) is -2.40. The predicted octanol–water partition coefficient (Wildman–Crippen LogP) is 5.13. The van der Waals surface area contributed by atoms with Crippen LogP contribution in [0.15, 0.2) is 69.7 Å². The highest BCUT2D eigenvalue weighted by Crippen LogP contribution is 2.43. The summed E-state index contributed by atoms with van der Waals surface area (Å²) in [5.41, 5.74) is 1.14. The number of anilines is 1. The molecule has 1 atom stereocenters. The first-order chi connectivity index (χ1) is 15.9. The number of furan rings is 1. The van der Waals surface area contributed by atoms with Crippen LogP contribution in [0.1, 0.15) is 27.9 Å². The average Bonchev–Trinajstić information content (AvgIpc) is 3.49. The molecule has 4 aromatic rings. The second-order valence-electron chi connectivity index (χ2n) is 7.48. The maximum atomic E-state index is 14.1. The van der Waals surface area contributed by atoms with Crippen LogP contribution < -0.4 is 9.64 Å². The number of ketones is 1. The molecule has 1 amide bonds. The van der Waals surface area contributed by atoms with Crippen LogP contribution in [0, 0.1) is 12.7 Å². The number of benzene rings is 2. The number of hydrogen-bond acceptors (Lipinski definition) is 7. The molecular formula is C24H17FN2O5S. The van der Waals surface area contributed by atoms with Gasteiger partial charge in [0.2, 0.25) is 5.78 Å². The van der Waals surface area contributed by atoms with Crippen LogP contribution in [0.4, 0.5) is 9.52 Å². The molecule has 0 fully saturated rings. The van der Waals surface area contributed by atoms with Crippen molar-refractivity contribution in [3.63, 3.8) is 0 Å². The Balaban J connectivity index is 1.67. The molecule has 0 saturated heterocycles. The topological polar surface area (TPSA) is 92.9 Å². The molecule has 0 aliphatic carbocycles. The lowest BCUT2D eigenvalue weighted by Crippen LogP contribution is -2.31. The smallest absolute Gasteiger partial charge is 0.296 e. The summed E-state index contributed by atoms with van der Waals surface area (Å²) in [6.07, 6.45) is 0. The molecule has 0 bridgehead atoms. The second kappa shape index (κ2) is 7.86. The number of carbonyl (C=O) groups excluding carboxylic acids is 2. The van der Waals surface area contributed by atoms with Gasteiger partial charge in [-0.15, -0.1) is 11.3 Å². The average molecular weight is 464 g/mol. The number of hydrogen-bond donors (Lipinski definition) is 1. The number of Topliss-reactive ketones (excluding diaryl/α,β-unsaturated/α-hetero) is 1. The Morgan fingerprint density at radius 3 is 2.73 bits per heavy atom. The summed E-state index contributed by atoms with van der Waals surface area (Å²) in [6.45, 7) is 1.76. The van der Waals surface area contributed by atoms with Crippen molar-refractivity contribution in [1.29, 1.82) is 0 Å². The molecule has 1 aliphatic rings. The molecule has 7 nitrogen and oxygen atoms in total. The minimum Gasteiger partial charge on any atom is -0.503 e. The number of thiazole rings is 1. The number of fused-ring (bicyclic) bond motifs is 1. The third-order valence-corrected chi connectivity index (χ3v) is 6.34. The molecule has 2 aromatic heterocycles. The van der Waals surface area contributed by atoms with Crippen molar-refractivity contribution in [2.45, 2.75) is 13.0 Å². The zero-order valence-corrected chi connectivity index (χ0v) is 18.4. The first-order valence-corrected chi connectivity index (χ1v) is 10.8. The van der Waals surface area contributed by atoms with Gasteiger partial charge in [-0.1, -0.05) is 24.3 Å². The van der Waals surface area contributed by atoms with Gasteiger partial charge in [0.1, 0.15) is 5.82 Å². The quantitative estimate of drug-likeness (QED) is 0.412. The van der Waals surface area contributed by atoms with Gasteiger partial charge in [-0.2, -0.15) is 0 Å². The molecule has 33 heavy (non-hydrogen) atoms. The fraction of sp³-hybridized carbons (Fsp3) is 0.125. The van der Waals surface area contributed by atoms with Gasteiger partial charge in [-0.05, 0) is 36.8 Å². The molecule has 9 heteroatoms. The lowest BCUT2D eigenvalue weighted by Gasteiger charge is -2.24. The maximum absolute atomic E-state index is 14.1. The Bertz CT molecular complexity index is 1450. The first-order valence-electron chi connectivity index (χ1n) is 9.94. The van der Waals surface area contributed by atoms with Gasteiger partial charge < -0.3 is 14.3 Å². The summed E-state index contributed by atoms with van der Waals surface area (Å²) >= 11 is 1.18. The fourth-order valence-electron chi connectivity index (χ4n) is 3.92. The summed E-state index contributed by atoms with van der Waals surface area (Å²) in [7, 11) is 1.48. The van der Waals surface area contributed by atoms with E-state index in [1.807, 2.05) is 0 Å². The van der Waals surface area contributed by atoms with Crippen LogP contribution in [0.3, 0.4) is 0 Å². The number of aliphatic hydroxyl groups excluding tert-OH is 1. The Hall–Kier alpha value is -3.98. The number of aliphatic hydroxyl groups is 1. The molecule has 0 spiro atoms. The largest absolute Gasteiger partial charge is 0.503 e. The zero-order chi connectivity index (χ0) is 23.3. The van der Waals surface area contributed by atoms with E-state index in [-0.39, 0.29) is 16.5 Å². The van der Waals surface area contributed by atoms with Gasteiger partial charge in [0.15, 0.2) is 28.0 Å². The van der Waals surface area contributed by atoms with E-state index in [0.29, 0.717) is 28.0 Å². The lowest BCUT2D eigenvalue weighted by atomic mass is 9.95. The van der Waals surface area contributed by atoms with Crippen LogP contribution in [-0.2, 0) is 4.79 Å². The molecule has 2 aromatic carbocycles. The van der Waals surface area contributed by atoms with Crippen molar-refractivity contribution in [2.24, 2.45) is 0 Å². The Morgan fingerprint density at radius 1 is 1.24 bits per heavy atom. The van der Waals surface area contributed by atoms with Crippen molar-refractivity contribution < 1.29 is 28.2 Å². The van der Waals surface area contributed by atoms with Crippen molar-refractivity contribution in [3.8, 4) is 5.75 Å². The van der Waals surface area contributed by atoms with Crippen molar-refractivity contribution >= 4 is 39.1 Å². The van der Waals surface area contributed by atoms with Crippen LogP contribution in [0.25, 0.3) is 11.0 Å². The molecule has 5 rings (SSSR count). The number of aromatic nitrogens is 1. The van der Waals surface area contributed by atoms with Crippen LogP contribution >= 0.6 is 11.3 Å². The number of aryl methyl sites for hydroxylation is 1. The molecule has 0 saturated carbocycles. The molecule has 166 valence electrons. The maximum Gasteiger partial charge on any atom is 0.296 e. The number of amides is 1. The van der Waals surface area contributed by atoms with Crippen LogP contribution in [0.2, 0.25) is 0 Å². The van der Waals surface area contributed by atoms with E-state index in [2.05, 4.69) is 4.98 Å². The third-order valence-electron chi connectivity index (χ3n) is 5.38. The standard InChI is InChI=1S/C24H17FN2O5S/c1-12-11-33-24(26-12)27-19(13-5-3-7-15(25)9-13)18(21(29)23(27)30)20(28)17-10-14-6-4-8-16(31-2)22(14)32-17/h3-11,19,29H,1-2H3. The van der Waals surface area contributed by atoms with Gasteiger partial charge in [0.25, 0.3) is 5.91 Å². The summed E-state index contributed by atoms with van der Waals surface area (Å²) < 4.78 is 25.2. The van der Waals surface area contributed by atoms with Gasteiger partial charge in [-0.25, -0.2) is 9.37 Å². The lowest BCUT2D eigenvalue weighted by molar-refractivity contribution is -0.117. The number of ether oxygens (including phenoxy) is 1. The van der Waals surface area contributed by atoms with Gasteiger partial charge in [0.05, 0.1) is 24.4 Å². The molecule has 3 heterocycles. The first kappa shape index (κ1) is 20.9. The fourth-order valence-corrected chi connectivity index (χ4v) is 4.75. The van der Waals surface area contributed by atoms with E-state index in [4.69, 9.17) is 9.15 Å². The van der Waals surface area contributed by atoms with Crippen LogP contribution in [0.5, 0.6) is 5.75 Å². The number of halogens is 1. The van der Waals surface area contributed by atoms with Gasteiger partial charge in [0, 0.05) is 10.8 Å². The van der Waals surface area contributed by atoms with E-state index in [9.17, 15) is 19.1 Å². The van der Waals surface area contributed by atoms with E-state index >= 15 is 0 Å². The monoisotopic (exact) mass is 464 g/mol. The molecule has 1 N–H and O–H groups in total. The van der Waals surface area contributed by atoms with E-state index in [1.165, 1.54) is 47.6 Å². The third kappa shape index (κ3) is 3.37. The Labute approximate surface area is 191 Å². The number of nitrogens with zero attached hydrogens (tertiary/aromatic N) is 2. The molecule has 1 unspecified atom stereocenters. The zero-order valence-electron chi connectivity index (χ0n) is 17.5. The molecule has 1 aliphatic heterocycles. The highest BCUT2D eigenvalue weighted by atomic mass is 32.1. The summed E-state index contributed by atoms with van der Waals surface area (Å²) in [6, 6.07) is 11.2. The van der Waals surface area contributed by atoms with Crippen LogP contribution in [-0.4, -0.2) is 28.9 Å². The SMILES string of the molecule is COc1cccc2cc(C(=O)C3=C(O)C(=O)N(c4nc(C)cs4)C3c3cccc(F)c3)oc12. The summed E-state index contributed by atoms with van der Waals surface area (Å²) in [5, 5.41) is 13.4. The second-order valence-corrected chi connectivity index (χ2v) is 8.32. The number of rotatable bonds is 5. The highest BCUT2D eigenvalue weighted by molar-refractivity contribution is 7.14. The minimum absolute atomic E-state index is 0.0811. The Morgan fingerprint density at radius 2 is 2.03 bits per heavy atom. The predicted molar refractivity (Wildman–Crippen MR) is 120 cm³/mol. The molecular weight excluding hydrogens is 447 g/mol. The highest BCUT2D eigenvalue weighted by Gasteiger charge is 2.46. The van der Waals surface area contributed by atoms with Crippen molar-refractivity contribution in [2.75, 3.05) is 12.0 Å². The van der Waals surface area contributed by atoms with E-state index < -0.39 is 29.3 Å². The van der Waals surface area contributed by atoms with Crippen molar-refractivity contribution in [1.82, 2.24) is 4.98 Å². The summed E-state index contributed by atoms with van der Waals surface area (Å²) in [4.78, 5) is 32.2. The normalized spacial score (nSPS) is 16.2. The van der Waals surface area contributed by atoms with E-state index in [1.54, 1.807) is 36.6 Å². The Kier molecular flexibility index (Phi) is 4.98. The molecule has 0 radical (unpaired) electrons. The number of carbonyl (C=O) groups is 2. The van der Waals surface area contributed by atoms with Gasteiger partial charge >= 0.3 is 0 Å². The van der Waals surface area contributed by atoms with E-state index in [0.717, 1.165) is 0 Å². The minimum atomic E-state index is -1.08. The van der Waals surface area contributed by atoms with Gasteiger partial charge in [-0.3, -0.25) is 14.5 Å².